The van der Waals surface area contributed by atoms with Gasteiger partial charge in [-0.1, -0.05) is 18.2 Å². The Morgan fingerprint density at radius 2 is 2.00 bits per heavy atom. The molecule has 2 N–H and O–H groups in total. The number of hydrogen-bond acceptors (Lipinski definition) is 3. The second-order valence-corrected chi connectivity index (χ2v) is 6.92. The van der Waals surface area contributed by atoms with Crippen LogP contribution in [0.3, 0.4) is 0 Å². The molecule has 0 radical (unpaired) electrons. The molecule has 2 heterocycles. The molecule has 0 aliphatic carbocycles. The Balaban J connectivity index is 1.48. The quantitative estimate of drug-likeness (QED) is 0.727. The molecule has 1 atom stereocenters. The summed E-state index contributed by atoms with van der Waals surface area (Å²) in [7, 11) is 0. The van der Waals surface area contributed by atoms with E-state index in [1.54, 1.807) is 48.8 Å². The van der Waals surface area contributed by atoms with Gasteiger partial charge in [-0.15, -0.1) is 0 Å². The van der Waals surface area contributed by atoms with Crippen molar-refractivity contribution in [2.24, 2.45) is 0 Å². The number of nitrogens with zero attached hydrogens (tertiary/aromatic N) is 2. The van der Waals surface area contributed by atoms with E-state index in [1.165, 1.54) is 16.7 Å². The molecule has 1 aliphatic heterocycles. The lowest BCUT2D eigenvalue weighted by Crippen LogP contribution is -2.53. The maximum Gasteiger partial charge on any atom is 0.330 e. The molecule has 144 valence electrons. The summed E-state index contributed by atoms with van der Waals surface area (Å²) in [6.07, 6.45) is 3.92. The molecule has 0 saturated carbocycles. The molecule has 7 heteroatoms. The van der Waals surface area contributed by atoms with Crippen molar-refractivity contribution in [1.29, 1.82) is 0 Å². The normalized spacial score (nSPS) is 16.9. The highest BCUT2D eigenvalue weighted by molar-refractivity contribution is 5.94. The monoisotopic (exact) mass is 380 g/mol. The molecule has 1 unspecified atom stereocenters. The van der Waals surface area contributed by atoms with Gasteiger partial charge in [0.1, 0.15) is 5.82 Å². The van der Waals surface area contributed by atoms with Crippen LogP contribution in [0.4, 0.5) is 4.39 Å². The van der Waals surface area contributed by atoms with Gasteiger partial charge in [-0.2, -0.15) is 0 Å². The molecule has 2 aromatic carbocycles. The fraction of sp³-hybridized carbons (Fsp3) is 0.238. The lowest BCUT2D eigenvalue weighted by atomic mass is 10.0. The number of carbonyl (C=O) groups excluding carboxylic acids is 1. The average molecular weight is 380 g/mol. The molecular formula is C21H21FN4O2. The topological polar surface area (TPSA) is 70.1 Å². The second-order valence-electron chi connectivity index (χ2n) is 6.92. The molecule has 1 amide bonds. The third-order valence-corrected chi connectivity index (χ3v) is 4.96. The zero-order valence-electron chi connectivity index (χ0n) is 15.3. The van der Waals surface area contributed by atoms with Gasteiger partial charge in [-0.05, 0) is 42.3 Å². The number of amides is 1. The Morgan fingerprint density at radius 3 is 2.75 bits per heavy atom. The molecule has 6 nitrogen and oxygen atoms in total. The maximum atomic E-state index is 13.1. The highest BCUT2D eigenvalue weighted by Gasteiger charge is 2.24. The molecule has 3 aromatic rings. The number of piperazine rings is 1. The first kappa shape index (κ1) is 18.2. The Bertz CT molecular complexity index is 1030. The smallest absolute Gasteiger partial charge is 0.330 e. The van der Waals surface area contributed by atoms with E-state index in [-0.39, 0.29) is 23.5 Å². The predicted molar refractivity (Wildman–Crippen MR) is 104 cm³/mol. The number of halogens is 1. The van der Waals surface area contributed by atoms with Gasteiger partial charge >= 0.3 is 5.69 Å². The van der Waals surface area contributed by atoms with Crippen molar-refractivity contribution in [3.63, 3.8) is 0 Å². The minimum atomic E-state index is -0.251. The van der Waals surface area contributed by atoms with Gasteiger partial charge in [0.2, 0.25) is 0 Å². The van der Waals surface area contributed by atoms with Crippen molar-refractivity contribution in [1.82, 2.24) is 19.8 Å². The zero-order valence-corrected chi connectivity index (χ0v) is 15.3. The summed E-state index contributed by atoms with van der Waals surface area (Å²) in [6.45, 7) is 1.90. The molecule has 28 heavy (non-hydrogen) atoms. The summed E-state index contributed by atoms with van der Waals surface area (Å²) in [5, 5.41) is 3.42. The van der Waals surface area contributed by atoms with Crippen molar-refractivity contribution in [2.75, 3.05) is 19.6 Å². The van der Waals surface area contributed by atoms with Crippen LogP contribution >= 0.6 is 0 Å². The van der Waals surface area contributed by atoms with E-state index in [0.717, 1.165) is 12.0 Å². The van der Waals surface area contributed by atoms with Gasteiger partial charge in [0.05, 0.1) is 5.69 Å². The average Bonchev–Trinajstić information content (AvgIpc) is 3.15. The van der Waals surface area contributed by atoms with Gasteiger partial charge in [0.25, 0.3) is 5.91 Å². The van der Waals surface area contributed by atoms with E-state index in [4.69, 9.17) is 0 Å². The van der Waals surface area contributed by atoms with Gasteiger partial charge in [-0.3, -0.25) is 9.36 Å². The van der Waals surface area contributed by atoms with E-state index < -0.39 is 0 Å². The molecule has 1 fully saturated rings. The van der Waals surface area contributed by atoms with Crippen LogP contribution in [0.2, 0.25) is 0 Å². The Kier molecular flexibility index (Phi) is 5.08. The number of rotatable bonds is 4. The minimum Gasteiger partial charge on any atom is -0.336 e. The van der Waals surface area contributed by atoms with Crippen LogP contribution in [0.15, 0.2) is 65.7 Å². The zero-order chi connectivity index (χ0) is 19.5. The van der Waals surface area contributed by atoms with Crippen molar-refractivity contribution in [3.05, 3.63) is 88.4 Å². The first-order valence-corrected chi connectivity index (χ1v) is 9.24. The van der Waals surface area contributed by atoms with Crippen LogP contribution in [0.5, 0.6) is 0 Å². The highest BCUT2D eigenvalue weighted by Crippen LogP contribution is 2.14. The summed E-state index contributed by atoms with van der Waals surface area (Å²) >= 11 is 0. The standard InChI is InChI=1S/C21H21FN4O2/c22-17-6-4-15(5-7-17)12-18-14-25(10-8-23-18)20(27)16-2-1-3-19(13-16)26-11-9-24-21(26)28/h1-7,9,11,13,18,23H,8,10,12,14H2,(H,24,28). The number of imidazole rings is 1. The van der Waals surface area contributed by atoms with E-state index in [0.29, 0.717) is 30.9 Å². The number of nitrogens with one attached hydrogen (secondary N) is 2. The number of carbonyl (C=O) groups is 1. The number of H-pyrrole nitrogens is 1. The van der Waals surface area contributed by atoms with Crippen LogP contribution in [-0.2, 0) is 6.42 Å². The van der Waals surface area contributed by atoms with Crippen molar-refractivity contribution in [2.45, 2.75) is 12.5 Å². The van der Waals surface area contributed by atoms with Crippen LogP contribution in [-0.4, -0.2) is 46.0 Å². The largest absolute Gasteiger partial charge is 0.336 e. The van der Waals surface area contributed by atoms with E-state index in [1.807, 2.05) is 4.90 Å². The van der Waals surface area contributed by atoms with E-state index >= 15 is 0 Å². The highest BCUT2D eigenvalue weighted by atomic mass is 19.1. The van der Waals surface area contributed by atoms with Crippen LogP contribution in [0, 0.1) is 5.82 Å². The minimum absolute atomic E-state index is 0.0592. The third kappa shape index (κ3) is 3.89. The van der Waals surface area contributed by atoms with Gasteiger partial charge in [0.15, 0.2) is 0 Å². The fourth-order valence-electron chi connectivity index (χ4n) is 3.55. The lowest BCUT2D eigenvalue weighted by molar-refractivity contribution is 0.0703. The summed E-state index contributed by atoms with van der Waals surface area (Å²) < 4.78 is 14.6. The van der Waals surface area contributed by atoms with Gasteiger partial charge in [0, 0.05) is 43.6 Å². The van der Waals surface area contributed by atoms with Crippen molar-refractivity contribution in [3.8, 4) is 5.69 Å². The van der Waals surface area contributed by atoms with Crippen molar-refractivity contribution >= 4 is 5.91 Å². The molecular weight excluding hydrogens is 359 g/mol. The maximum absolute atomic E-state index is 13.1. The molecule has 4 rings (SSSR count). The number of hydrogen-bond donors (Lipinski definition) is 2. The third-order valence-electron chi connectivity index (χ3n) is 4.96. The molecule has 0 spiro atoms. The first-order valence-electron chi connectivity index (χ1n) is 9.24. The summed E-state index contributed by atoms with van der Waals surface area (Å²) in [6, 6.07) is 13.6. The molecule has 1 aliphatic rings. The van der Waals surface area contributed by atoms with E-state index in [9.17, 15) is 14.0 Å². The summed E-state index contributed by atoms with van der Waals surface area (Å²) in [4.78, 5) is 29.2. The lowest BCUT2D eigenvalue weighted by Gasteiger charge is -2.34. The Hall–Kier alpha value is -3.19. The molecule has 1 saturated heterocycles. The number of aromatic nitrogens is 2. The molecule has 1 aromatic heterocycles. The molecule has 0 bridgehead atoms. The van der Waals surface area contributed by atoms with Crippen LogP contribution < -0.4 is 11.0 Å². The van der Waals surface area contributed by atoms with Crippen molar-refractivity contribution < 1.29 is 9.18 Å². The second kappa shape index (κ2) is 7.82. The Morgan fingerprint density at radius 1 is 1.18 bits per heavy atom. The number of aromatic amines is 1. The SMILES string of the molecule is O=C(c1cccc(-n2cc[nH]c2=O)c1)N1CCNC(Cc2ccc(F)cc2)C1. The predicted octanol–water partition coefficient (Wildman–Crippen LogP) is 1.96. The number of benzene rings is 2. The fourth-order valence-corrected chi connectivity index (χ4v) is 3.55. The summed E-state index contributed by atoms with van der Waals surface area (Å²) in [5.74, 6) is -0.311. The Labute approximate surface area is 161 Å². The van der Waals surface area contributed by atoms with Crippen LogP contribution in [0.1, 0.15) is 15.9 Å². The van der Waals surface area contributed by atoms with E-state index in [2.05, 4.69) is 10.3 Å². The summed E-state index contributed by atoms with van der Waals surface area (Å²) in [5.41, 5.74) is 1.98. The first-order chi connectivity index (χ1) is 13.6. The van der Waals surface area contributed by atoms with Gasteiger partial charge in [-0.25, -0.2) is 9.18 Å². The van der Waals surface area contributed by atoms with Crippen LogP contribution in [0.25, 0.3) is 5.69 Å². The van der Waals surface area contributed by atoms with Gasteiger partial charge < -0.3 is 15.2 Å².